The third kappa shape index (κ3) is 2.20. The van der Waals surface area contributed by atoms with Crippen molar-refractivity contribution < 1.29 is 4.74 Å². The molecular formula is C15H14Cl2N2O. The Labute approximate surface area is 127 Å². The first-order chi connectivity index (χ1) is 9.66. The summed E-state index contributed by atoms with van der Waals surface area (Å²) < 4.78 is 5.57. The first-order valence-corrected chi connectivity index (χ1v) is 7.26. The van der Waals surface area contributed by atoms with Crippen LogP contribution in [0.2, 0.25) is 10.3 Å². The van der Waals surface area contributed by atoms with E-state index in [9.17, 15) is 0 Å². The molecule has 104 valence electrons. The van der Waals surface area contributed by atoms with Gasteiger partial charge in [0.15, 0.2) is 5.82 Å². The molecule has 0 amide bonds. The van der Waals surface area contributed by atoms with Crippen molar-refractivity contribution in [3.8, 4) is 11.1 Å². The number of hydrogen-bond donors (Lipinski definition) is 0. The van der Waals surface area contributed by atoms with Gasteiger partial charge in [0.25, 0.3) is 0 Å². The highest BCUT2D eigenvalue weighted by Gasteiger charge is 2.42. The fraction of sp³-hybridized carbons (Fsp3) is 0.333. The zero-order chi connectivity index (χ0) is 14.2. The van der Waals surface area contributed by atoms with E-state index in [0.717, 1.165) is 24.8 Å². The molecule has 1 aromatic heterocycles. The van der Waals surface area contributed by atoms with Gasteiger partial charge in [-0.1, -0.05) is 53.5 Å². The Hall–Kier alpha value is -1.16. The van der Waals surface area contributed by atoms with E-state index in [4.69, 9.17) is 27.9 Å². The molecule has 0 saturated heterocycles. The molecule has 1 aromatic carbocycles. The number of halogens is 2. The summed E-state index contributed by atoms with van der Waals surface area (Å²) >= 11 is 12.6. The lowest BCUT2D eigenvalue weighted by Crippen LogP contribution is -2.38. The van der Waals surface area contributed by atoms with Crippen molar-refractivity contribution in [1.82, 2.24) is 9.97 Å². The Morgan fingerprint density at radius 2 is 1.65 bits per heavy atom. The Balaban J connectivity index is 2.08. The molecule has 20 heavy (non-hydrogen) atoms. The van der Waals surface area contributed by atoms with Crippen molar-refractivity contribution in [2.24, 2.45) is 0 Å². The molecule has 1 saturated carbocycles. The van der Waals surface area contributed by atoms with Crippen molar-refractivity contribution >= 4 is 23.2 Å². The lowest BCUT2D eigenvalue weighted by atomic mass is 9.79. The SMILES string of the molecule is COC1(c2nc(Cl)c(-c3ccccc3)c(Cl)n2)CCC1. The van der Waals surface area contributed by atoms with Gasteiger partial charge in [0, 0.05) is 7.11 Å². The van der Waals surface area contributed by atoms with Crippen molar-refractivity contribution in [3.63, 3.8) is 0 Å². The van der Waals surface area contributed by atoms with E-state index in [2.05, 4.69) is 9.97 Å². The van der Waals surface area contributed by atoms with Gasteiger partial charge in [-0.15, -0.1) is 0 Å². The first kappa shape index (κ1) is 13.8. The monoisotopic (exact) mass is 308 g/mol. The fourth-order valence-corrected chi connectivity index (χ4v) is 3.08. The highest BCUT2D eigenvalue weighted by atomic mass is 35.5. The van der Waals surface area contributed by atoms with Gasteiger partial charge >= 0.3 is 0 Å². The number of ether oxygens (including phenoxy) is 1. The lowest BCUT2D eigenvalue weighted by molar-refractivity contribution is -0.0846. The fourth-order valence-electron chi connectivity index (χ4n) is 2.47. The zero-order valence-electron chi connectivity index (χ0n) is 11.1. The summed E-state index contributed by atoms with van der Waals surface area (Å²) in [6.07, 6.45) is 2.91. The van der Waals surface area contributed by atoms with Gasteiger partial charge in [0.2, 0.25) is 0 Å². The predicted octanol–water partition coefficient (Wildman–Crippen LogP) is 4.48. The van der Waals surface area contributed by atoms with Gasteiger partial charge in [-0.2, -0.15) is 0 Å². The molecule has 0 spiro atoms. The molecule has 5 heteroatoms. The summed E-state index contributed by atoms with van der Waals surface area (Å²) in [6, 6.07) is 9.67. The van der Waals surface area contributed by atoms with Crippen molar-refractivity contribution in [1.29, 1.82) is 0 Å². The third-order valence-electron chi connectivity index (χ3n) is 3.84. The van der Waals surface area contributed by atoms with E-state index in [1.165, 1.54) is 0 Å². The van der Waals surface area contributed by atoms with E-state index in [-0.39, 0.29) is 0 Å². The van der Waals surface area contributed by atoms with Gasteiger partial charge in [-0.05, 0) is 24.8 Å². The van der Waals surface area contributed by atoms with Gasteiger partial charge in [0.1, 0.15) is 15.9 Å². The Morgan fingerprint density at radius 3 is 2.10 bits per heavy atom. The highest BCUT2D eigenvalue weighted by Crippen LogP contribution is 2.44. The molecule has 1 fully saturated rings. The van der Waals surface area contributed by atoms with Gasteiger partial charge in [0.05, 0.1) is 5.56 Å². The minimum atomic E-state index is -0.414. The lowest BCUT2D eigenvalue weighted by Gasteiger charge is -2.38. The second-order valence-corrected chi connectivity index (χ2v) is 5.64. The molecule has 0 N–H and O–H groups in total. The maximum Gasteiger partial charge on any atom is 0.163 e. The maximum atomic E-state index is 6.32. The van der Waals surface area contributed by atoms with E-state index >= 15 is 0 Å². The highest BCUT2D eigenvalue weighted by molar-refractivity contribution is 6.37. The van der Waals surface area contributed by atoms with E-state index in [0.29, 0.717) is 21.7 Å². The van der Waals surface area contributed by atoms with Crippen LogP contribution in [-0.4, -0.2) is 17.1 Å². The van der Waals surface area contributed by atoms with Crippen LogP contribution < -0.4 is 0 Å². The Kier molecular flexibility index (Phi) is 3.67. The maximum absolute atomic E-state index is 6.32. The smallest absolute Gasteiger partial charge is 0.163 e. The van der Waals surface area contributed by atoms with Crippen LogP contribution in [0, 0.1) is 0 Å². The molecule has 1 heterocycles. The number of hydrogen-bond acceptors (Lipinski definition) is 3. The van der Waals surface area contributed by atoms with E-state index in [1.54, 1.807) is 7.11 Å². The van der Waals surface area contributed by atoms with Gasteiger partial charge in [-0.25, -0.2) is 9.97 Å². The minimum absolute atomic E-state index is 0.370. The molecule has 1 aliphatic rings. The summed E-state index contributed by atoms with van der Waals surface area (Å²) in [7, 11) is 1.68. The molecule has 2 aromatic rings. The molecule has 3 nitrogen and oxygen atoms in total. The van der Waals surface area contributed by atoms with Crippen LogP contribution >= 0.6 is 23.2 Å². The van der Waals surface area contributed by atoms with Crippen LogP contribution in [0.5, 0.6) is 0 Å². The second-order valence-electron chi connectivity index (χ2n) is 4.92. The van der Waals surface area contributed by atoms with E-state index < -0.39 is 5.60 Å². The topological polar surface area (TPSA) is 35.0 Å². The summed E-state index contributed by atoms with van der Waals surface area (Å²) in [4.78, 5) is 8.84. The quantitative estimate of drug-likeness (QED) is 0.784. The standard InChI is InChI=1S/C15H14Cl2N2O/c1-20-15(8-5-9-15)14-18-12(16)11(13(17)19-14)10-6-3-2-4-7-10/h2-4,6-7H,5,8-9H2,1H3. The number of aromatic nitrogens is 2. The normalized spacial score (nSPS) is 16.8. The van der Waals surface area contributed by atoms with Crippen LogP contribution in [-0.2, 0) is 10.3 Å². The zero-order valence-corrected chi connectivity index (χ0v) is 12.6. The average Bonchev–Trinajstić information content (AvgIpc) is 2.38. The number of methoxy groups -OCH3 is 1. The summed E-state index contributed by atoms with van der Waals surface area (Å²) in [5.74, 6) is 0.584. The largest absolute Gasteiger partial charge is 0.370 e. The number of rotatable bonds is 3. The summed E-state index contributed by atoms with van der Waals surface area (Å²) in [6.45, 7) is 0. The molecule has 0 atom stereocenters. The molecular weight excluding hydrogens is 295 g/mol. The third-order valence-corrected chi connectivity index (χ3v) is 4.39. The second kappa shape index (κ2) is 5.32. The molecule has 3 rings (SSSR count). The van der Waals surface area contributed by atoms with Gasteiger partial charge < -0.3 is 4.74 Å². The molecule has 0 radical (unpaired) electrons. The van der Waals surface area contributed by atoms with Crippen LogP contribution in [0.3, 0.4) is 0 Å². The van der Waals surface area contributed by atoms with Crippen molar-refractivity contribution in [2.45, 2.75) is 24.9 Å². The molecule has 1 aliphatic carbocycles. The summed E-state index contributed by atoms with van der Waals surface area (Å²) in [5.41, 5.74) is 1.17. The molecule has 0 bridgehead atoms. The van der Waals surface area contributed by atoms with Crippen molar-refractivity contribution in [2.75, 3.05) is 7.11 Å². The van der Waals surface area contributed by atoms with E-state index in [1.807, 2.05) is 30.3 Å². The molecule has 0 aliphatic heterocycles. The van der Waals surface area contributed by atoms with Gasteiger partial charge in [-0.3, -0.25) is 0 Å². The van der Waals surface area contributed by atoms with Crippen LogP contribution in [0.1, 0.15) is 25.1 Å². The number of benzene rings is 1. The van der Waals surface area contributed by atoms with Crippen LogP contribution in [0.4, 0.5) is 0 Å². The minimum Gasteiger partial charge on any atom is -0.370 e. The Morgan fingerprint density at radius 1 is 1.05 bits per heavy atom. The Bertz CT molecular complexity index is 599. The average molecular weight is 309 g/mol. The van der Waals surface area contributed by atoms with Crippen LogP contribution in [0.15, 0.2) is 30.3 Å². The summed E-state index contributed by atoms with van der Waals surface area (Å²) in [5, 5.41) is 0.740. The van der Waals surface area contributed by atoms with Crippen LogP contribution in [0.25, 0.3) is 11.1 Å². The first-order valence-electron chi connectivity index (χ1n) is 6.50. The van der Waals surface area contributed by atoms with Crippen molar-refractivity contribution in [3.05, 3.63) is 46.5 Å². The molecule has 0 unspecified atom stereocenters. The number of nitrogens with zero attached hydrogens (tertiary/aromatic N) is 2. The predicted molar refractivity (Wildman–Crippen MR) is 80.0 cm³/mol.